The molecule has 2 bridgehead atoms. The fourth-order valence-corrected chi connectivity index (χ4v) is 5.93. The Labute approximate surface area is 173 Å². The van der Waals surface area contributed by atoms with E-state index in [0.29, 0.717) is 28.0 Å². The van der Waals surface area contributed by atoms with E-state index in [1.54, 1.807) is 18.2 Å². The molecule has 0 N–H and O–H groups in total. The number of aromatic nitrogens is 2. The molecule has 5 rings (SSSR count). The first kappa shape index (κ1) is 18.3. The fraction of sp³-hybridized carbons (Fsp3) is 0.400. The van der Waals surface area contributed by atoms with Crippen LogP contribution >= 0.6 is 27.3 Å². The van der Waals surface area contributed by atoms with Crippen LogP contribution in [-0.4, -0.2) is 39.7 Å². The maximum absolute atomic E-state index is 14.8. The van der Waals surface area contributed by atoms with Crippen molar-refractivity contribution in [2.45, 2.75) is 43.9 Å². The standard InChI is InChI=1S/C20H19BrFN3O2S/c1-24-11-2-3-12(24)7-14(6-11)27-13-4-5-17(15(22)8-13)25-10-23-16-9-18(21)28-19(16)20(25)26/h4-5,8-12,14H,2-3,6-7H2,1H3/t11-,12+,14-. The molecule has 28 heavy (non-hydrogen) atoms. The van der Waals surface area contributed by atoms with Crippen molar-refractivity contribution in [2.24, 2.45) is 0 Å². The van der Waals surface area contributed by atoms with E-state index in [1.165, 1.54) is 41.1 Å². The molecule has 0 spiro atoms. The predicted molar refractivity (Wildman–Crippen MR) is 111 cm³/mol. The van der Waals surface area contributed by atoms with Crippen LogP contribution in [0.5, 0.6) is 5.75 Å². The van der Waals surface area contributed by atoms with E-state index >= 15 is 0 Å². The predicted octanol–water partition coefficient (Wildman–Crippen LogP) is 4.35. The first-order valence-electron chi connectivity index (χ1n) is 9.35. The Hall–Kier alpha value is -1.77. The zero-order valence-electron chi connectivity index (χ0n) is 15.3. The quantitative estimate of drug-likeness (QED) is 0.579. The highest BCUT2D eigenvalue weighted by molar-refractivity contribution is 9.11. The molecule has 1 aromatic carbocycles. The fourth-order valence-electron chi connectivity index (χ4n) is 4.46. The number of halogens is 2. The molecule has 4 heterocycles. The Balaban J connectivity index is 1.41. The smallest absolute Gasteiger partial charge is 0.275 e. The summed E-state index contributed by atoms with van der Waals surface area (Å²) >= 11 is 4.66. The minimum atomic E-state index is -0.493. The topological polar surface area (TPSA) is 47.4 Å². The number of benzene rings is 1. The minimum absolute atomic E-state index is 0.114. The highest BCUT2D eigenvalue weighted by Crippen LogP contribution is 2.36. The highest BCUT2D eigenvalue weighted by atomic mass is 79.9. The van der Waals surface area contributed by atoms with Gasteiger partial charge in [-0.25, -0.2) is 9.37 Å². The Bertz CT molecular complexity index is 1100. The molecular formula is C20H19BrFN3O2S. The summed E-state index contributed by atoms with van der Waals surface area (Å²) in [6.07, 6.45) is 5.87. The summed E-state index contributed by atoms with van der Waals surface area (Å²) in [5.74, 6) is 0.0171. The van der Waals surface area contributed by atoms with Crippen molar-refractivity contribution >= 4 is 37.5 Å². The van der Waals surface area contributed by atoms with Gasteiger partial charge in [0.05, 0.1) is 15.0 Å². The van der Waals surface area contributed by atoms with Gasteiger partial charge in [0.25, 0.3) is 5.56 Å². The van der Waals surface area contributed by atoms with Crippen LogP contribution < -0.4 is 10.3 Å². The molecule has 3 aromatic rings. The van der Waals surface area contributed by atoms with Gasteiger partial charge in [-0.05, 0) is 66.9 Å². The van der Waals surface area contributed by atoms with E-state index in [2.05, 4.69) is 32.9 Å². The number of thiophene rings is 1. The van der Waals surface area contributed by atoms with Gasteiger partial charge in [0.2, 0.25) is 0 Å². The van der Waals surface area contributed by atoms with E-state index in [-0.39, 0.29) is 17.4 Å². The second-order valence-electron chi connectivity index (χ2n) is 7.56. The normalized spacial score (nSPS) is 24.8. The summed E-state index contributed by atoms with van der Waals surface area (Å²) in [6.45, 7) is 0. The van der Waals surface area contributed by atoms with Crippen LogP contribution in [0, 0.1) is 5.82 Å². The minimum Gasteiger partial charge on any atom is -0.490 e. The van der Waals surface area contributed by atoms with Crippen LogP contribution in [0.2, 0.25) is 0 Å². The zero-order chi connectivity index (χ0) is 19.4. The maximum Gasteiger partial charge on any atom is 0.275 e. The summed E-state index contributed by atoms with van der Waals surface area (Å²) in [6, 6.07) is 7.61. The van der Waals surface area contributed by atoms with Gasteiger partial charge in [0, 0.05) is 18.2 Å². The molecule has 2 aliphatic heterocycles. The Morgan fingerprint density at radius 2 is 2.00 bits per heavy atom. The number of nitrogens with zero attached hydrogens (tertiary/aromatic N) is 3. The van der Waals surface area contributed by atoms with Crippen molar-refractivity contribution in [3.63, 3.8) is 0 Å². The van der Waals surface area contributed by atoms with Crippen LogP contribution in [0.1, 0.15) is 25.7 Å². The molecule has 0 radical (unpaired) electrons. The van der Waals surface area contributed by atoms with Crippen LogP contribution in [0.4, 0.5) is 4.39 Å². The molecule has 2 aromatic heterocycles. The Morgan fingerprint density at radius 3 is 2.71 bits per heavy atom. The first-order chi connectivity index (χ1) is 13.5. The van der Waals surface area contributed by atoms with E-state index in [9.17, 15) is 9.18 Å². The second-order valence-corrected chi connectivity index (χ2v) is 9.99. The molecule has 2 fully saturated rings. The highest BCUT2D eigenvalue weighted by Gasteiger charge is 2.39. The molecular weight excluding hydrogens is 445 g/mol. The largest absolute Gasteiger partial charge is 0.490 e. The third-order valence-corrected chi connectivity index (χ3v) is 7.56. The van der Waals surface area contributed by atoms with Gasteiger partial charge in [-0.1, -0.05) is 0 Å². The molecule has 2 saturated heterocycles. The number of piperidine rings is 1. The van der Waals surface area contributed by atoms with Crippen LogP contribution in [0.15, 0.2) is 39.2 Å². The summed E-state index contributed by atoms with van der Waals surface area (Å²) < 4.78 is 23.5. The third kappa shape index (κ3) is 3.07. The van der Waals surface area contributed by atoms with Gasteiger partial charge in [-0.2, -0.15) is 0 Å². The maximum atomic E-state index is 14.8. The van der Waals surface area contributed by atoms with Gasteiger partial charge in [0.1, 0.15) is 22.9 Å². The van der Waals surface area contributed by atoms with E-state index in [1.807, 2.05) is 0 Å². The van der Waals surface area contributed by atoms with Gasteiger partial charge in [0.15, 0.2) is 5.82 Å². The van der Waals surface area contributed by atoms with Crippen molar-refractivity contribution in [1.82, 2.24) is 14.5 Å². The summed E-state index contributed by atoms with van der Waals surface area (Å²) in [7, 11) is 2.18. The molecule has 0 aliphatic carbocycles. The van der Waals surface area contributed by atoms with Gasteiger partial charge < -0.3 is 9.64 Å². The lowest BCUT2D eigenvalue weighted by molar-refractivity contribution is 0.0660. The number of rotatable bonds is 3. The molecule has 0 saturated carbocycles. The Morgan fingerprint density at radius 1 is 1.25 bits per heavy atom. The van der Waals surface area contributed by atoms with Gasteiger partial charge in [-0.15, -0.1) is 11.3 Å². The number of fused-ring (bicyclic) bond motifs is 3. The molecule has 5 nitrogen and oxygen atoms in total. The average Bonchev–Trinajstić information content (AvgIpc) is 3.12. The number of ether oxygens (including phenoxy) is 1. The monoisotopic (exact) mass is 463 g/mol. The lowest BCUT2D eigenvalue weighted by atomic mass is 10.0. The van der Waals surface area contributed by atoms with Crippen molar-refractivity contribution in [3.05, 3.63) is 50.6 Å². The first-order valence-corrected chi connectivity index (χ1v) is 11.0. The summed E-state index contributed by atoms with van der Waals surface area (Å²) in [4.78, 5) is 19.4. The van der Waals surface area contributed by atoms with Crippen LogP contribution in [0.25, 0.3) is 15.9 Å². The zero-order valence-corrected chi connectivity index (χ0v) is 17.7. The SMILES string of the molecule is CN1[C@@H]2CC[C@H]1C[C@H](Oc1ccc(-n3cnc4cc(Br)sc4c3=O)c(F)c1)C2. The van der Waals surface area contributed by atoms with Crippen molar-refractivity contribution in [3.8, 4) is 11.4 Å². The van der Waals surface area contributed by atoms with Crippen LogP contribution in [-0.2, 0) is 0 Å². The van der Waals surface area contributed by atoms with Crippen molar-refractivity contribution in [1.29, 1.82) is 0 Å². The Kier molecular flexibility index (Phi) is 4.52. The number of hydrogen-bond acceptors (Lipinski definition) is 5. The average molecular weight is 464 g/mol. The van der Waals surface area contributed by atoms with Gasteiger partial charge in [-0.3, -0.25) is 9.36 Å². The van der Waals surface area contributed by atoms with Gasteiger partial charge >= 0.3 is 0 Å². The second kappa shape index (κ2) is 6.93. The van der Waals surface area contributed by atoms with E-state index in [0.717, 1.165) is 16.6 Å². The third-order valence-electron chi connectivity index (χ3n) is 5.94. The van der Waals surface area contributed by atoms with Crippen LogP contribution in [0.3, 0.4) is 0 Å². The lowest BCUT2D eigenvalue weighted by Crippen LogP contribution is -2.43. The molecule has 8 heteroatoms. The van der Waals surface area contributed by atoms with E-state index in [4.69, 9.17) is 4.74 Å². The molecule has 0 amide bonds. The van der Waals surface area contributed by atoms with E-state index < -0.39 is 5.82 Å². The molecule has 2 aliphatic rings. The summed E-state index contributed by atoms with van der Waals surface area (Å²) in [5.41, 5.74) is 0.510. The lowest BCUT2D eigenvalue weighted by Gasteiger charge is -2.36. The molecule has 3 atom stereocenters. The van der Waals surface area contributed by atoms with Crippen molar-refractivity contribution < 1.29 is 9.13 Å². The number of hydrogen-bond donors (Lipinski definition) is 0. The molecule has 0 unspecified atom stereocenters. The molecule has 146 valence electrons. The van der Waals surface area contributed by atoms with Crippen molar-refractivity contribution in [2.75, 3.05) is 7.05 Å². The summed E-state index contributed by atoms with van der Waals surface area (Å²) in [5, 5.41) is 0.